The number of amides is 2. The van der Waals surface area contributed by atoms with Crippen LogP contribution < -0.4 is 5.32 Å². The third-order valence-corrected chi connectivity index (χ3v) is 7.45. The standard InChI is InChI=1S/C26H37N3O4S/c1-7-24(26(31)27-16-19(2)3)29(17-22-12-8-20(4)9-13-22)25(30)18-28(6)34(32,33)23-14-10-21(5)11-15-23/h8-15,19,24H,7,16-18H2,1-6H3,(H,27,31). The normalized spacial score (nSPS) is 12.6. The highest BCUT2D eigenvalue weighted by molar-refractivity contribution is 7.89. The van der Waals surface area contributed by atoms with Crippen molar-refractivity contribution in [3.8, 4) is 0 Å². The first-order chi connectivity index (χ1) is 15.9. The van der Waals surface area contributed by atoms with Crippen molar-refractivity contribution in [2.75, 3.05) is 20.1 Å². The van der Waals surface area contributed by atoms with Crippen LogP contribution in [0.4, 0.5) is 0 Å². The van der Waals surface area contributed by atoms with Gasteiger partial charge in [-0.05, 0) is 43.9 Å². The topological polar surface area (TPSA) is 86.8 Å². The van der Waals surface area contributed by atoms with Crippen molar-refractivity contribution < 1.29 is 18.0 Å². The second-order valence-electron chi connectivity index (χ2n) is 9.14. The van der Waals surface area contributed by atoms with Crippen LogP contribution in [0, 0.1) is 19.8 Å². The number of carbonyl (C=O) groups is 2. The minimum atomic E-state index is -3.85. The molecular weight excluding hydrogens is 450 g/mol. The molecule has 0 heterocycles. The number of aryl methyl sites for hydroxylation is 2. The molecule has 0 aliphatic carbocycles. The average molecular weight is 488 g/mol. The van der Waals surface area contributed by atoms with Gasteiger partial charge in [-0.2, -0.15) is 4.31 Å². The fourth-order valence-corrected chi connectivity index (χ4v) is 4.61. The first-order valence-electron chi connectivity index (χ1n) is 11.6. The van der Waals surface area contributed by atoms with Crippen LogP contribution in [0.25, 0.3) is 0 Å². The van der Waals surface area contributed by atoms with Gasteiger partial charge in [-0.15, -0.1) is 0 Å². The molecule has 2 aromatic rings. The van der Waals surface area contributed by atoms with Crippen molar-refractivity contribution in [1.29, 1.82) is 0 Å². The molecule has 0 spiro atoms. The lowest BCUT2D eigenvalue weighted by Crippen LogP contribution is -2.52. The van der Waals surface area contributed by atoms with Gasteiger partial charge in [-0.3, -0.25) is 9.59 Å². The van der Waals surface area contributed by atoms with Gasteiger partial charge in [0.15, 0.2) is 0 Å². The molecule has 1 unspecified atom stereocenters. The first kappa shape index (κ1) is 27.5. The Bertz CT molecular complexity index is 1060. The van der Waals surface area contributed by atoms with E-state index in [1.165, 1.54) is 24.1 Å². The smallest absolute Gasteiger partial charge is 0.243 e. The van der Waals surface area contributed by atoms with E-state index in [1.54, 1.807) is 12.1 Å². The van der Waals surface area contributed by atoms with E-state index in [2.05, 4.69) is 5.32 Å². The molecule has 0 aliphatic rings. The van der Waals surface area contributed by atoms with Gasteiger partial charge < -0.3 is 10.2 Å². The highest BCUT2D eigenvalue weighted by atomic mass is 32.2. The summed E-state index contributed by atoms with van der Waals surface area (Å²) in [5, 5.41) is 2.91. The van der Waals surface area contributed by atoms with Crippen LogP contribution in [0.2, 0.25) is 0 Å². The highest BCUT2D eigenvalue weighted by Gasteiger charge is 2.31. The molecular formula is C26H37N3O4S. The lowest BCUT2D eigenvalue weighted by Gasteiger charge is -2.32. The number of likely N-dealkylation sites (N-methyl/N-ethyl adjacent to an activating group) is 1. The predicted octanol–water partition coefficient (Wildman–Crippen LogP) is 3.50. The van der Waals surface area contributed by atoms with Crippen molar-refractivity contribution >= 4 is 21.8 Å². The number of nitrogens with zero attached hydrogens (tertiary/aromatic N) is 2. The fraction of sp³-hybridized carbons (Fsp3) is 0.462. The summed E-state index contributed by atoms with van der Waals surface area (Å²) in [6.07, 6.45) is 0.413. The molecule has 0 saturated heterocycles. The quantitative estimate of drug-likeness (QED) is 0.526. The molecule has 0 aromatic heterocycles. The average Bonchev–Trinajstić information content (AvgIpc) is 2.79. The van der Waals surface area contributed by atoms with Gasteiger partial charge in [0.1, 0.15) is 6.04 Å². The van der Waals surface area contributed by atoms with E-state index in [9.17, 15) is 18.0 Å². The van der Waals surface area contributed by atoms with Crippen molar-refractivity contribution in [2.24, 2.45) is 5.92 Å². The van der Waals surface area contributed by atoms with E-state index in [-0.39, 0.29) is 29.8 Å². The Labute approximate surface area is 204 Å². The van der Waals surface area contributed by atoms with E-state index >= 15 is 0 Å². The maximum Gasteiger partial charge on any atom is 0.243 e. The zero-order valence-electron chi connectivity index (χ0n) is 21.0. The van der Waals surface area contributed by atoms with Gasteiger partial charge in [0, 0.05) is 20.1 Å². The van der Waals surface area contributed by atoms with E-state index in [1.807, 2.05) is 58.9 Å². The van der Waals surface area contributed by atoms with E-state index in [4.69, 9.17) is 0 Å². The number of rotatable bonds is 11. The molecule has 0 aliphatic heterocycles. The van der Waals surface area contributed by atoms with Crippen LogP contribution in [-0.4, -0.2) is 55.6 Å². The first-order valence-corrected chi connectivity index (χ1v) is 13.1. The fourth-order valence-electron chi connectivity index (χ4n) is 3.49. The molecule has 186 valence electrons. The summed E-state index contributed by atoms with van der Waals surface area (Å²) in [7, 11) is -2.47. The molecule has 2 amide bonds. The van der Waals surface area contributed by atoms with Gasteiger partial charge >= 0.3 is 0 Å². The molecule has 2 rings (SSSR count). The van der Waals surface area contributed by atoms with Crippen molar-refractivity contribution in [1.82, 2.24) is 14.5 Å². The van der Waals surface area contributed by atoms with Gasteiger partial charge in [-0.25, -0.2) is 8.42 Å². The monoisotopic (exact) mass is 487 g/mol. The van der Waals surface area contributed by atoms with Crippen molar-refractivity contribution in [3.63, 3.8) is 0 Å². The van der Waals surface area contributed by atoms with E-state index in [0.717, 1.165) is 21.0 Å². The molecule has 0 saturated carbocycles. The number of benzene rings is 2. The third-order valence-electron chi connectivity index (χ3n) is 5.63. The summed E-state index contributed by atoms with van der Waals surface area (Å²) in [6, 6.07) is 13.5. The van der Waals surface area contributed by atoms with Crippen LogP contribution in [0.15, 0.2) is 53.4 Å². The molecule has 0 bridgehead atoms. The van der Waals surface area contributed by atoms with Crippen LogP contribution >= 0.6 is 0 Å². The molecule has 0 radical (unpaired) electrons. The van der Waals surface area contributed by atoms with Crippen LogP contribution in [0.5, 0.6) is 0 Å². The van der Waals surface area contributed by atoms with Gasteiger partial charge in [0.05, 0.1) is 11.4 Å². The molecule has 8 heteroatoms. The zero-order chi connectivity index (χ0) is 25.5. The van der Waals surface area contributed by atoms with E-state index in [0.29, 0.717) is 13.0 Å². The largest absolute Gasteiger partial charge is 0.354 e. The number of hydrogen-bond acceptors (Lipinski definition) is 4. The van der Waals surface area contributed by atoms with Crippen LogP contribution in [-0.2, 0) is 26.2 Å². The number of nitrogens with one attached hydrogen (secondary N) is 1. The second kappa shape index (κ2) is 12.1. The highest BCUT2D eigenvalue weighted by Crippen LogP contribution is 2.18. The predicted molar refractivity (Wildman–Crippen MR) is 135 cm³/mol. The minimum absolute atomic E-state index is 0.125. The van der Waals surface area contributed by atoms with Gasteiger partial charge in [0.2, 0.25) is 21.8 Å². The minimum Gasteiger partial charge on any atom is -0.354 e. The van der Waals surface area contributed by atoms with Crippen molar-refractivity contribution in [3.05, 3.63) is 65.2 Å². The number of hydrogen-bond donors (Lipinski definition) is 1. The Balaban J connectivity index is 2.30. The van der Waals surface area contributed by atoms with Gasteiger partial charge in [-0.1, -0.05) is 68.3 Å². The Morgan fingerprint density at radius 2 is 1.47 bits per heavy atom. The maximum absolute atomic E-state index is 13.4. The second-order valence-corrected chi connectivity index (χ2v) is 11.2. The molecule has 34 heavy (non-hydrogen) atoms. The Hall–Kier alpha value is -2.71. The molecule has 7 nitrogen and oxygen atoms in total. The number of carbonyl (C=O) groups excluding carboxylic acids is 2. The summed E-state index contributed by atoms with van der Waals surface area (Å²) in [4.78, 5) is 28.0. The summed E-state index contributed by atoms with van der Waals surface area (Å²) < 4.78 is 27.1. The molecule has 1 N–H and O–H groups in total. The van der Waals surface area contributed by atoms with Crippen LogP contribution in [0.1, 0.15) is 43.9 Å². The van der Waals surface area contributed by atoms with Gasteiger partial charge in [0.25, 0.3) is 0 Å². The molecule has 0 fully saturated rings. The molecule has 1 atom stereocenters. The lowest BCUT2D eigenvalue weighted by molar-refractivity contribution is -0.141. The lowest BCUT2D eigenvalue weighted by atomic mass is 10.1. The number of sulfonamides is 1. The summed E-state index contributed by atoms with van der Waals surface area (Å²) >= 11 is 0. The zero-order valence-corrected chi connectivity index (χ0v) is 21.9. The molecule has 2 aromatic carbocycles. The summed E-state index contributed by atoms with van der Waals surface area (Å²) in [5.41, 5.74) is 2.91. The van der Waals surface area contributed by atoms with Crippen molar-refractivity contribution in [2.45, 2.75) is 58.5 Å². The Kier molecular flexibility index (Phi) is 9.82. The third kappa shape index (κ3) is 7.40. The Morgan fingerprint density at radius 3 is 1.97 bits per heavy atom. The van der Waals surface area contributed by atoms with E-state index < -0.39 is 22.0 Å². The summed E-state index contributed by atoms with van der Waals surface area (Å²) in [6.45, 7) is 10.1. The van der Waals surface area contributed by atoms with Crippen LogP contribution in [0.3, 0.4) is 0 Å². The summed E-state index contributed by atoms with van der Waals surface area (Å²) in [5.74, 6) is -0.389. The Morgan fingerprint density at radius 1 is 0.941 bits per heavy atom. The maximum atomic E-state index is 13.4. The SMILES string of the molecule is CCC(C(=O)NCC(C)C)N(Cc1ccc(C)cc1)C(=O)CN(C)S(=O)(=O)c1ccc(C)cc1.